The molecule has 0 aliphatic heterocycles. The van der Waals surface area contributed by atoms with E-state index in [-0.39, 0.29) is 17.7 Å². The van der Waals surface area contributed by atoms with Crippen molar-refractivity contribution in [1.82, 2.24) is 4.57 Å². The summed E-state index contributed by atoms with van der Waals surface area (Å²) >= 11 is 3.62. The number of pyridine rings is 1. The van der Waals surface area contributed by atoms with Crippen LogP contribution in [0.15, 0.2) is 9.59 Å². The van der Waals surface area contributed by atoms with E-state index in [2.05, 4.69) is 4.57 Å². The zero-order valence-electron chi connectivity index (χ0n) is 36.0. The topological polar surface area (TPSA) is 57.5 Å². The summed E-state index contributed by atoms with van der Waals surface area (Å²) < 4.78 is 18.6. The Balaban J connectivity index is 1.22. The van der Waals surface area contributed by atoms with Gasteiger partial charge >= 0.3 is 0 Å². The maximum absolute atomic E-state index is 16.8. The molecule has 27 aromatic carbocycles. The molecule has 0 saturated heterocycles. The molecule has 0 saturated carbocycles. The number of fused-ring (bicyclic) bond motifs is 4. The first kappa shape index (κ1) is 28.6. The molecule has 30 rings (SSSR count). The molecule has 0 fully saturated rings. The number of aromatic nitrogens is 1. The first-order valence-corrected chi connectivity index (χ1v) is 26.9. The van der Waals surface area contributed by atoms with E-state index in [1.165, 1.54) is 259 Å². The fraction of sp³-hybridized carbons (Fsp3) is 0.0625. The summed E-state index contributed by atoms with van der Waals surface area (Å²) in [5, 5.41) is 73.5. The molecular weight excluding hydrogens is 911 g/mol. The molecule has 306 valence electrons. The molecule has 0 bridgehead atoms. The van der Waals surface area contributed by atoms with Gasteiger partial charge in [-0.05, 0) is 0 Å². The minimum Gasteiger partial charge on any atom is -0.382 e. The van der Waals surface area contributed by atoms with Crippen molar-refractivity contribution >= 4 is 332 Å². The fourth-order valence-electron chi connectivity index (χ4n) is 21.9. The fourth-order valence-corrected chi connectivity index (χ4v) is 24.7. The van der Waals surface area contributed by atoms with E-state index in [4.69, 9.17) is 9.47 Å². The first-order valence-electron chi connectivity index (χ1n) is 25.3. The van der Waals surface area contributed by atoms with Gasteiger partial charge in [0.1, 0.15) is 6.73 Å². The molecule has 0 N–H and O–H groups in total. The second kappa shape index (κ2) is 6.95. The number of benzene rings is 18. The van der Waals surface area contributed by atoms with Crippen molar-refractivity contribution in [2.45, 2.75) is 6.73 Å². The molecule has 71 heavy (non-hydrogen) atoms. The Hall–Kier alpha value is -8.04. The normalized spacial score (nSPS) is 16.6. The van der Waals surface area contributed by atoms with Crippen molar-refractivity contribution in [3.05, 3.63) is 20.6 Å². The molecule has 0 unspecified atom stereocenters. The molecule has 3 aromatic heterocycles. The van der Waals surface area contributed by atoms with Gasteiger partial charge in [-0.2, -0.15) is 0 Å². The van der Waals surface area contributed by atoms with Crippen LogP contribution in [0.3, 0.4) is 0 Å². The van der Waals surface area contributed by atoms with Crippen molar-refractivity contribution in [2.75, 3.05) is 20.3 Å². The van der Waals surface area contributed by atoms with Crippen molar-refractivity contribution in [1.29, 1.82) is 0 Å². The van der Waals surface area contributed by atoms with E-state index in [1.807, 2.05) is 11.3 Å². The highest BCUT2D eigenvalue weighted by molar-refractivity contribution is 7.28. The third-order valence-electron chi connectivity index (χ3n) is 22.8. The number of ether oxygens (including phenoxy) is 2. The molecule has 5 nitrogen and oxygen atoms in total. The highest BCUT2D eigenvalue weighted by Gasteiger charge is 2.49. The largest absolute Gasteiger partial charge is 0.382 e. The van der Waals surface area contributed by atoms with Gasteiger partial charge in [0, 0.05) is 301 Å². The number of rotatable bonds is 5. The standard InChI is InChI=1S/C64H9NO4S2/c1-68-2-3-69-4-65-58-50-40-30-24-14-10-6-5-7-11-12-8(5)17-18(10)29-34(24)44(40)54-49-36(29)28(17)32-20(12)23-22-19(11)31-26-15(7)16-9(6)13(14)21-25(30)39-43-33(21)27(16)35(26)48-51-41(31)37(22)45-46-38(23)42(32)52(49)61(71-63(54)58)56(46)59(66)55(45)60(51)70-62(53(43)48)57(47(39)50)64(65)67/h2-4H2,1H3. The van der Waals surface area contributed by atoms with E-state index >= 15 is 9.59 Å². The van der Waals surface area contributed by atoms with Crippen LogP contribution in [0.5, 0.6) is 0 Å². The average molecular weight is 920 g/mol. The van der Waals surface area contributed by atoms with Crippen LogP contribution < -0.4 is 11.0 Å². The summed E-state index contributed by atoms with van der Waals surface area (Å²) in [6.45, 7) is 0.948. The lowest BCUT2D eigenvalue weighted by atomic mass is 9.84. The zero-order valence-corrected chi connectivity index (χ0v) is 37.7. The molecule has 7 heteroatoms. The number of methoxy groups -OCH3 is 1. The van der Waals surface area contributed by atoms with Crippen molar-refractivity contribution in [3.63, 3.8) is 0 Å². The summed E-state index contributed by atoms with van der Waals surface area (Å²) in [5.74, 6) is 0. The van der Waals surface area contributed by atoms with Crippen LogP contribution in [0.25, 0.3) is 310 Å². The van der Waals surface area contributed by atoms with Gasteiger partial charge in [-0.15, -0.1) is 22.7 Å². The summed E-state index contributed by atoms with van der Waals surface area (Å²) in [4.78, 5) is 33.5. The Labute approximate surface area is 391 Å². The van der Waals surface area contributed by atoms with Crippen LogP contribution in [0.1, 0.15) is 0 Å². The lowest BCUT2D eigenvalue weighted by Crippen LogP contribution is -2.23. The number of hydrogen-bond donors (Lipinski definition) is 0. The Morgan fingerprint density at radius 2 is 0.521 bits per heavy atom. The quantitative estimate of drug-likeness (QED) is 0.0980. The van der Waals surface area contributed by atoms with Crippen molar-refractivity contribution in [2.24, 2.45) is 0 Å². The van der Waals surface area contributed by atoms with Gasteiger partial charge in [0.25, 0.3) is 5.56 Å². The maximum atomic E-state index is 16.8. The monoisotopic (exact) mass is 919 g/mol. The van der Waals surface area contributed by atoms with Crippen molar-refractivity contribution in [3.8, 4) is 0 Å². The number of nitrogens with zero attached hydrogens (tertiary/aromatic N) is 1. The molecular formula is C64H9NO4S2. The van der Waals surface area contributed by atoms with Crippen LogP contribution in [0, 0.1) is 0 Å². The van der Waals surface area contributed by atoms with Gasteiger partial charge in [-0.3, -0.25) is 14.2 Å². The lowest BCUT2D eigenvalue weighted by Gasteiger charge is -2.24. The van der Waals surface area contributed by atoms with Crippen LogP contribution in [0.2, 0.25) is 0 Å². The molecule has 0 spiro atoms. The average Bonchev–Trinajstić information content (AvgIpc) is 4.45. The SMILES string of the molecule is COCCOCn1c(=O)c2c3sc4c5c(=O)c6c7sc8c9c%10c7c7c%11c6c5c5c6c4c4c3c3c%12c2c(c2c9c9c%13c%10c%10c7c7c%11c5c5c6c6c4c4c3c3c%12c2c9c2c3c3c4c6c4c5c7c5c%10c%13c2c3c45)c81. The molecule has 0 radical (unpaired) electrons. The van der Waals surface area contributed by atoms with Gasteiger partial charge in [0.15, 0.2) is 5.43 Å². The van der Waals surface area contributed by atoms with E-state index in [0.29, 0.717) is 13.2 Å². The predicted octanol–water partition coefficient (Wildman–Crippen LogP) is 17.1. The maximum Gasteiger partial charge on any atom is 0.262 e. The Morgan fingerprint density at radius 1 is 0.282 bits per heavy atom. The number of hydrogen-bond acceptors (Lipinski definition) is 6. The molecule has 0 aliphatic rings. The molecule has 0 amide bonds. The van der Waals surface area contributed by atoms with Gasteiger partial charge in [-0.1, -0.05) is 0 Å². The second-order valence-corrected chi connectivity index (χ2v) is 25.9. The highest BCUT2D eigenvalue weighted by atomic mass is 32.1. The third-order valence-corrected chi connectivity index (χ3v) is 25.2. The smallest absolute Gasteiger partial charge is 0.262 e. The highest BCUT2D eigenvalue weighted by Crippen LogP contribution is 2.78. The first-order chi connectivity index (χ1) is 35.2. The summed E-state index contributed by atoms with van der Waals surface area (Å²) in [6.07, 6.45) is 0. The van der Waals surface area contributed by atoms with Gasteiger partial charge in [-0.25, -0.2) is 0 Å². The minimum atomic E-state index is 0.0222. The van der Waals surface area contributed by atoms with Crippen LogP contribution in [-0.4, -0.2) is 24.9 Å². The van der Waals surface area contributed by atoms with Crippen LogP contribution in [0.4, 0.5) is 0 Å². The molecule has 3 heterocycles. The van der Waals surface area contributed by atoms with E-state index in [0.717, 1.165) is 45.9 Å². The Kier molecular flexibility index (Phi) is 2.80. The molecule has 30 aromatic rings. The lowest BCUT2D eigenvalue weighted by molar-refractivity contribution is 0.0349. The van der Waals surface area contributed by atoms with E-state index in [1.54, 1.807) is 23.8 Å². The summed E-state index contributed by atoms with van der Waals surface area (Å²) in [5.41, 5.74) is 1.20. The minimum absolute atomic E-state index is 0.0222. The zero-order chi connectivity index (χ0) is 43.2. The van der Waals surface area contributed by atoms with Crippen LogP contribution >= 0.6 is 22.7 Å². The van der Waals surface area contributed by atoms with Gasteiger partial charge in [0.2, 0.25) is 0 Å². The predicted molar refractivity (Wildman–Crippen MR) is 303 cm³/mol. The van der Waals surface area contributed by atoms with Gasteiger partial charge in [0.05, 0.1) is 28.8 Å². The van der Waals surface area contributed by atoms with E-state index in [9.17, 15) is 0 Å². The molecule has 0 atom stereocenters. The van der Waals surface area contributed by atoms with Crippen molar-refractivity contribution < 1.29 is 9.47 Å². The van der Waals surface area contributed by atoms with E-state index < -0.39 is 0 Å². The third kappa shape index (κ3) is 1.74. The Morgan fingerprint density at radius 3 is 0.859 bits per heavy atom. The summed E-state index contributed by atoms with van der Waals surface area (Å²) in [7, 11) is 1.71. The molecule has 0 aliphatic carbocycles. The van der Waals surface area contributed by atoms with Crippen LogP contribution in [-0.2, 0) is 16.2 Å². The van der Waals surface area contributed by atoms with Gasteiger partial charge < -0.3 is 9.47 Å². The Bertz CT molecular complexity index is 7720. The summed E-state index contributed by atoms with van der Waals surface area (Å²) in [6, 6.07) is 0. The second-order valence-electron chi connectivity index (χ2n) is 23.8.